The Labute approximate surface area is 352 Å². The molecule has 0 bridgehead atoms. The van der Waals surface area contributed by atoms with E-state index >= 15 is 0 Å². The highest BCUT2D eigenvalue weighted by molar-refractivity contribution is 5.71. The first-order valence-corrected chi connectivity index (χ1v) is 24.2. The van der Waals surface area contributed by atoms with Gasteiger partial charge in [-0.25, -0.2) is 0 Å². The van der Waals surface area contributed by atoms with Crippen LogP contribution in [0.3, 0.4) is 0 Å². The van der Waals surface area contributed by atoms with Gasteiger partial charge >= 0.3 is 17.9 Å². The van der Waals surface area contributed by atoms with Gasteiger partial charge in [0.1, 0.15) is 13.2 Å². The molecule has 0 aliphatic heterocycles. The van der Waals surface area contributed by atoms with E-state index in [0.717, 1.165) is 77.0 Å². The molecule has 0 aromatic heterocycles. The fourth-order valence-electron chi connectivity index (χ4n) is 6.57. The second-order valence-electron chi connectivity index (χ2n) is 16.0. The summed E-state index contributed by atoms with van der Waals surface area (Å²) < 4.78 is 16.7. The minimum absolute atomic E-state index is 0.0886. The van der Waals surface area contributed by atoms with E-state index in [0.29, 0.717) is 19.3 Å². The summed E-state index contributed by atoms with van der Waals surface area (Å²) in [4.78, 5) is 37.8. The predicted octanol–water partition coefficient (Wildman–Crippen LogP) is 15.5. The van der Waals surface area contributed by atoms with Gasteiger partial charge in [0, 0.05) is 19.3 Å². The second kappa shape index (κ2) is 46.1. The molecular formula is C51H90O6. The summed E-state index contributed by atoms with van der Waals surface area (Å²) in [7, 11) is 0. The molecule has 0 heterocycles. The van der Waals surface area contributed by atoms with Crippen LogP contribution < -0.4 is 0 Å². The maximum atomic E-state index is 12.7. The topological polar surface area (TPSA) is 78.9 Å². The molecule has 0 N–H and O–H groups in total. The minimum atomic E-state index is -0.788. The van der Waals surface area contributed by atoms with Crippen molar-refractivity contribution >= 4 is 17.9 Å². The zero-order chi connectivity index (χ0) is 41.5. The molecule has 0 aliphatic rings. The lowest BCUT2D eigenvalue weighted by Gasteiger charge is -2.18. The molecule has 6 nitrogen and oxygen atoms in total. The van der Waals surface area contributed by atoms with Gasteiger partial charge in [-0.05, 0) is 83.5 Å². The van der Waals surface area contributed by atoms with E-state index in [4.69, 9.17) is 14.2 Å². The Bertz CT molecular complexity index is 1010. The Morgan fingerprint density at radius 2 is 0.649 bits per heavy atom. The highest BCUT2D eigenvalue weighted by Gasteiger charge is 2.19. The summed E-state index contributed by atoms with van der Waals surface area (Å²) in [5.41, 5.74) is 0. The van der Waals surface area contributed by atoms with Crippen LogP contribution in [-0.2, 0) is 28.6 Å². The van der Waals surface area contributed by atoms with E-state index in [1.165, 1.54) is 122 Å². The molecule has 0 aromatic carbocycles. The van der Waals surface area contributed by atoms with E-state index < -0.39 is 6.10 Å². The van der Waals surface area contributed by atoms with Crippen LogP contribution >= 0.6 is 0 Å². The van der Waals surface area contributed by atoms with Gasteiger partial charge in [-0.15, -0.1) is 0 Å². The highest BCUT2D eigenvalue weighted by atomic mass is 16.6. The smallest absolute Gasteiger partial charge is 0.306 e. The third kappa shape index (κ3) is 44.3. The summed E-state index contributed by atoms with van der Waals surface area (Å²) in [5, 5.41) is 0. The van der Waals surface area contributed by atoms with Crippen molar-refractivity contribution in [2.75, 3.05) is 13.2 Å². The van der Waals surface area contributed by atoms with Gasteiger partial charge < -0.3 is 14.2 Å². The summed E-state index contributed by atoms with van der Waals surface area (Å²) in [6, 6.07) is 0. The molecule has 0 aliphatic carbocycles. The SMILES string of the molecule is CCCC/C=C\C=C/CCCCCC(=O)OC(COC(=O)CCCCCCC/C=C\CCCC)COC(=O)CCCCCCCCC/C=C\CCCCCCCC. The quantitative estimate of drug-likeness (QED) is 0.0201. The number of unbranched alkanes of at least 4 members (excludes halogenated alkanes) is 25. The average molecular weight is 799 g/mol. The van der Waals surface area contributed by atoms with Crippen molar-refractivity contribution in [2.45, 2.75) is 245 Å². The fourth-order valence-corrected chi connectivity index (χ4v) is 6.57. The predicted molar refractivity (Wildman–Crippen MR) is 242 cm³/mol. The van der Waals surface area contributed by atoms with Gasteiger partial charge in [0.05, 0.1) is 0 Å². The Morgan fingerprint density at radius 1 is 0.351 bits per heavy atom. The monoisotopic (exact) mass is 799 g/mol. The molecule has 0 radical (unpaired) electrons. The second-order valence-corrected chi connectivity index (χ2v) is 16.0. The molecule has 0 amide bonds. The number of esters is 3. The van der Waals surface area contributed by atoms with Crippen molar-refractivity contribution in [3.63, 3.8) is 0 Å². The lowest BCUT2D eigenvalue weighted by Crippen LogP contribution is -2.30. The molecule has 0 aromatic rings. The van der Waals surface area contributed by atoms with Crippen molar-refractivity contribution < 1.29 is 28.6 Å². The van der Waals surface area contributed by atoms with Crippen LogP contribution in [0.1, 0.15) is 239 Å². The van der Waals surface area contributed by atoms with Crippen molar-refractivity contribution in [1.82, 2.24) is 0 Å². The molecule has 1 unspecified atom stereocenters. The molecule has 6 heteroatoms. The third-order valence-corrected chi connectivity index (χ3v) is 10.3. The Morgan fingerprint density at radius 3 is 1.07 bits per heavy atom. The largest absolute Gasteiger partial charge is 0.462 e. The molecule has 1 atom stereocenters. The van der Waals surface area contributed by atoms with Crippen LogP contribution in [0.15, 0.2) is 48.6 Å². The van der Waals surface area contributed by atoms with Crippen molar-refractivity contribution in [2.24, 2.45) is 0 Å². The van der Waals surface area contributed by atoms with E-state index in [1.54, 1.807) is 0 Å². The van der Waals surface area contributed by atoms with Crippen LogP contribution in [-0.4, -0.2) is 37.2 Å². The first-order chi connectivity index (χ1) is 28.0. The summed E-state index contributed by atoms with van der Waals surface area (Å²) in [6.07, 6.45) is 53.8. The molecule has 0 spiro atoms. The van der Waals surface area contributed by atoms with Gasteiger partial charge in [-0.2, -0.15) is 0 Å². The van der Waals surface area contributed by atoms with Crippen LogP contribution in [0, 0.1) is 0 Å². The zero-order valence-corrected chi connectivity index (χ0v) is 37.6. The van der Waals surface area contributed by atoms with Gasteiger partial charge in [-0.3, -0.25) is 14.4 Å². The molecule has 0 saturated carbocycles. The number of carbonyl (C=O) groups excluding carboxylic acids is 3. The third-order valence-electron chi connectivity index (χ3n) is 10.3. The number of carbonyl (C=O) groups is 3. The molecule has 0 fully saturated rings. The van der Waals surface area contributed by atoms with E-state index in [9.17, 15) is 14.4 Å². The van der Waals surface area contributed by atoms with E-state index in [2.05, 4.69) is 69.4 Å². The van der Waals surface area contributed by atoms with Gasteiger partial charge in [0.25, 0.3) is 0 Å². The lowest BCUT2D eigenvalue weighted by molar-refractivity contribution is -0.167. The molecular weight excluding hydrogens is 709 g/mol. The zero-order valence-electron chi connectivity index (χ0n) is 37.6. The fraction of sp³-hybridized carbons (Fsp3) is 0.784. The van der Waals surface area contributed by atoms with Crippen LogP contribution in [0.25, 0.3) is 0 Å². The van der Waals surface area contributed by atoms with Gasteiger partial charge in [0.2, 0.25) is 0 Å². The molecule has 330 valence electrons. The first kappa shape index (κ1) is 54.4. The number of allylic oxidation sites excluding steroid dienone is 8. The van der Waals surface area contributed by atoms with Crippen molar-refractivity contribution in [3.8, 4) is 0 Å². The number of rotatable bonds is 43. The minimum Gasteiger partial charge on any atom is -0.462 e. The number of ether oxygens (including phenoxy) is 3. The lowest BCUT2D eigenvalue weighted by atomic mass is 10.1. The van der Waals surface area contributed by atoms with Gasteiger partial charge in [0.15, 0.2) is 6.10 Å². The number of hydrogen-bond donors (Lipinski definition) is 0. The average Bonchev–Trinajstić information content (AvgIpc) is 3.21. The maximum absolute atomic E-state index is 12.7. The normalized spacial score (nSPS) is 12.4. The maximum Gasteiger partial charge on any atom is 0.306 e. The van der Waals surface area contributed by atoms with Crippen LogP contribution in [0.5, 0.6) is 0 Å². The van der Waals surface area contributed by atoms with Crippen molar-refractivity contribution in [3.05, 3.63) is 48.6 Å². The van der Waals surface area contributed by atoms with Crippen LogP contribution in [0.2, 0.25) is 0 Å². The Hall–Kier alpha value is -2.63. The van der Waals surface area contributed by atoms with E-state index in [-0.39, 0.29) is 31.1 Å². The Kier molecular flexibility index (Phi) is 43.9. The first-order valence-electron chi connectivity index (χ1n) is 24.2. The highest BCUT2D eigenvalue weighted by Crippen LogP contribution is 2.14. The number of hydrogen-bond acceptors (Lipinski definition) is 6. The molecule has 0 rings (SSSR count). The summed E-state index contributed by atoms with van der Waals surface area (Å²) in [6.45, 7) is 6.50. The standard InChI is InChI=1S/C51H90O6/c1-4-7-10-13-16-19-22-23-24-25-26-27-30-32-35-38-41-44-50(53)56-47-48(57-51(54)45-42-39-36-33-29-21-18-15-12-9-6-3)46-55-49(52)43-40-37-34-31-28-20-17-14-11-8-5-2/h14-15,17-18,21,23-24,29,48H,4-13,16,19-20,22,25-28,30-47H2,1-3H3/b17-14-,18-15-,24-23-,29-21-. The van der Waals surface area contributed by atoms with Gasteiger partial charge in [-0.1, -0.05) is 185 Å². The molecule has 57 heavy (non-hydrogen) atoms. The Balaban J connectivity index is 4.36. The van der Waals surface area contributed by atoms with Crippen LogP contribution in [0.4, 0.5) is 0 Å². The van der Waals surface area contributed by atoms with Crippen molar-refractivity contribution in [1.29, 1.82) is 0 Å². The molecule has 0 saturated heterocycles. The van der Waals surface area contributed by atoms with E-state index in [1.807, 2.05) is 0 Å². The summed E-state index contributed by atoms with van der Waals surface area (Å²) >= 11 is 0. The summed E-state index contributed by atoms with van der Waals surface area (Å²) in [5.74, 6) is -0.930.